The smallest absolute Gasteiger partial charge is 0.257 e. The summed E-state index contributed by atoms with van der Waals surface area (Å²) in [4.78, 5) is 13.9. The molecule has 0 radical (unpaired) electrons. The Bertz CT molecular complexity index is 419. The second kappa shape index (κ2) is 4.34. The van der Waals surface area contributed by atoms with Gasteiger partial charge in [0.2, 0.25) is 0 Å². The Morgan fingerprint density at radius 3 is 2.94 bits per heavy atom. The highest BCUT2D eigenvalue weighted by Gasteiger charge is 2.27. The predicted octanol–water partition coefficient (Wildman–Crippen LogP) is 2.67. The van der Waals surface area contributed by atoms with Gasteiger partial charge in [0, 0.05) is 17.6 Å². The Hall–Kier alpha value is -1.22. The Morgan fingerprint density at radius 1 is 1.56 bits per heavy atom. The predicted molar refractivity (Wildman–Crippen MR) is 62.8 cm³/mol. The number of likely N-dealkylation sites (tertiary alicyclic amines) is 1. The lowest BCUT2D eigenvalue weighted by molar-refractivity contribution is 0.0744. The van der Waals surface area contributed by atoms with E-state index < -0.39 is 0 Å². The molecule has 0 aliphatic carbocycles. The molecule has 1 atom stereocenters. The number of carbonyl (C=O) groups excluding carboxylic acids is 1. The van der Waals surface area contributed by atoms with Gasteiger partial charge in [0.1, 0.15) is 5.75 Å². The van der Waals surface area contributed by atoms with Crippen molar-refractivity contribution in [1.82, 2.24) is 4.90 Å². The lowest BCUT2D eigenvalue weighted by Crippen LogP contribution is -2.33. The average Bonchev–Trinajstić information content (AvgIpc) is 2.67. The zero-order valence-electron chi connectivity index (χ0n) is 9.11. The third-order valence-electron chi connectivity index (χ3n) is 3.00. The molecule has 1 aromatic carbocycles. The summed E-state index contributed by atoms with van der Waals surface area (Å²) in [6.45, 7) is 2.78. The van der Waals surface area contributed by atoms with E-state index in [0.29, 0.717) is 10.6 Å². The number of carbonyl (C=O) groups is 1. The zero-order chi connectivity index (χ0) is 11.7. The molecule has 1 fully saturated rings. The minimum absolute atomic E-state index is 0.00602. The molecule has 16 heavy (non-hydrogen) atoms. The Kier molecular flexibility index (Phi) is 3.06. The second-order valence-corrected chi connectivity index (χ2v) is 4.59. The number of halogens is 1. The summed E-state index contributed by atoms with van der Waals surface area (Å²) in [5, 5.41) is 10.1. The molecule has 86 valence electrons. The summed E-state index contributed by atoms with van der Waals surface area (Å²) in [6, 6.07) is 4.78. The number of nitrogens with zero attached hydrogens (tertiary/aromatic N) is 1. The van der Waals surface area contributed by atoms with Gasteiger partial charge in [-0.1, -0.05) is 11.6 Å². The minimum Gasteiger partial charge on any atom is -0.507 e. The number of phenols is 1. The molecule has 1 aliphatic heterocycles. The fourth-order valence-electron chi connectivity index (χ4n) is 2.07. The molecule has 1 saturated heterocycles. The normalized spacial score (nSPS) is 20.1. The molecule has 1 amide bonds. The van der Waals surface area contributed by atoms with Crippen molar-refractivity contribution in [2.24, 2.45) is 0 Å². The van der Waals surface area contributed by atoms with Gasteiger partial charge in [-0.05, 0) is 38.0 Å². The van der Waals surface area contributed by atoms with Crippen LogP contribution in [0.1, 0.15) is 30.1 Å². The van der Waals surface area contributed by atoms with Gasteiger partial charge in [-0.25, -0.2) is 0 Å². The minimum atomic E-state index is -0.134. The van der Waals surface area contributed by atoms with Gasteiger partial charge in [-0.3, -0.25) is 4.79 Å². The molecule has 1 N–H and O–H groups in total. The van der Waals surface area contributed by atoms with Crippen molar-refractivity contribution < 1.29 is 9.90 Å². The van der Waals surface area contributed by atoms with E-state index in [0.717, 1.165) is 19.4 Å². The SMILES string of the molecule is CC1CCCN1C(=O)c1cc(Cl)ccc1O. The molecule has 0 aromatic heterocycles. The van der Waals surface area contributed by atoms with Gasteiger partial charge in [0.05, 0.1) is 5.56 Å². The molecular formula is C12H14ClNO2. The van der Waals surface area contributed by atoms with E-state index in [2.05, 4.69) is 0 Å². The van der Waals surface area contributed by atoms with E-state index >= 15 is 0 Å². The maximum Gasteiger partial charge on any atom is 0.257 e. The number of phenolic OH excluding ortho intramolecular Hbond substituents is 1. The van der Waals surface area contributed by atoms with E-state index in [1.165, 1.54) is 12.1 Å². The monoisotopic (exact) mass is 239 g/mol. The molecule has 0 bridgehead atoms. The van der Waals surface area contributed by atoms with Crippen LogP contribution in [0, 0.1) is 0 Å². The Labute approximate surface area is 99.6 Å². The number of benzene rings is 1. The average molecular weight is 240 g/mol. The summed E-state index contributed by atoms with van der Waals surface area (Å²) < 4.78 is 0. The molecule has 4 heteroatoms. The van der Waals surface area contributed by atoms with E-state index in [1.54, 1.807) is 11.0 Å². The van der Waals surface area contributed by atoms with Gasteiger partial charge in [0.25, 0.3) is 5.91 Å². The zero-order valence-corrected chi connectivity index (χ0v) is 9.87. The molecule has 1 heterocycles. The van der Waals surface area contributed by atoms with Crippen LogP contribution >= 0.6 is 11.6 Å². The van der Waals surface area contributed by atoms with Crippen LogP contribution in [0.15, 0.2) is 18.2 Å². The largest absolute Gasteiger partial charge is 0.507 e. The van der Waals surface area contributed by atoms with Crippen LogP contribution in [0.4, 0.5) is 0 Å². The number of aromatic hydroxyl groups is 1. The standard InChI is InChI=1S/C12H14ClNO2/c1-8-3-2-6-14(8)12(16)10-7-9(13)4-5-11(10)15/h4-5,7-8,15H,2-3,6H2,1H3. The van der Waals surface area contributed by atoms with Gasteiger partial charge in [-0.2, -0.15) is 0 Å². The van der Waals surface area contributed by atoms with Gasteiger partial charge < -0.3 is 10.0 Å². The van der Waals surface area contributed by atoms with Crippen molar-refractivity contribution in [3.05, 3.63) is 28.8 Å². The summed E-state index contributed by atoms with van der Waals surface area (Å²) in [6.07, 6.45) is 2.04. The second-order valence-electron chi connectivity index (χ2n) is 4.15. The summed E-state index contributed by atoms with van der Waals surface area (Å²) >= 11 is 5.82. The van der Waals surface area contributed by atoms with Crippen LogP contribution in [-0.2, 0) is 0 Å². The van der Waals surface area contributed by atoms with Crippen molar-refractivity contribution >= 4 is 17.5 Å². The topological polar surface area (TPSA) is 40.5 Å². The van der Waals surface area contributed by atoms with Crippen molar-refractivity contribution in [2.75, 3.05) is 6.54 Å². The Balaban J connectivity index is 2.29. The fraction of sp³-hybridized carbons (Fsp3) is 0.417. The van der Waals surface area contributed by atoms with Crippen molar-refractivity contribution in [2.45, 2.75) is 25.8 Å². The van der Waals surface area contributed by atoms with Crippen molar-refractivity contribution in [3.63, 3.8) is 0 Å². The molecule has 1 aliphatic rings. The quantitative estimate of drug-likeness (QED) is 0.819. The highest BCUT2D eigenvalue weighted by Crippen LogP contribution is 2.26. The maximum atomic E-state index is 12.1. The summed E-state index contributed by atoms with van der Waals surface area (Å²) in [5.74, 6) is -0.140. The molecule has 0 spiro atoms. The van der Waals surface area contributed by atoms with Gasteiger partial charge in [0.15, 0.2) is 0 Å². The molecule has 1 unspecified atom stereocenters. The van der Waals surface area contributed by atoms with E-state index in [4.69, 9.17) is 11.6 Å². The maximum absolute atomic E-state index is 12.1. The molecule has 0 saturated carbocycles. The molecule has 1 aromatic rings. The first kappa shape index (κ1) is 11.3. The van der Waals surface area contributed by atoms with Crippen molar-refractivity contribution in [1.29, 1.82) is 0 Å². The molecule has 3 nitrogen and oxygen atoms in total. The summed E-state index contributed by atoms with van der Waals surface area (Å²) in [7, 11) is 0. The number of rotatable bonds is 1. The Morgan fingerprint density at radius 2 is 2.31 bits per heavy atom. The lowest BCUT2D eigenvalue weighted by Gasteiger charge is -2.21. The number of hydrogen-bond acceptors (Lipinski definition) is 2. The van der Waals surface area contributed by atoms with Crippen LogP contribution in [0.2, 0.25) is 5.02 Å². The third kappa shape index (κ3) is 2.00. The van der Waals surface area contributed by atoms with Crippen LogP contribution in [-0.4, -0.2) is 28.5 Å². The van der Waals surface area contributed by atoms with Crippen LogP contribution in [0.25, 0.3) is 0 Å². The lowest BCUT2D eigenvalue weighted by atomic mass is 10.1. The number of hydrogen-bond donors (Lipinski definition) is 1. The highest BCUT2D eigenvalue weighted by atomic mass is 35.5. The molecular weight excluding hydrogens is 226 g/mol. The van der Waals surface area contributed by atoms with Gasteiger partial charge >= 0.3 is 0 Å². The third-order valence-corrected chi connectivity index (χ3v) is 3.24. The fourth-order valence-corrected chi connectivity index (χ4v) is 2.24. The van der Waals surface area contributed by atoms with Crippen molar-refractivity contribution in [3.8, 4) is 5.75 Å². The first-order chi connectivity index (χ1) is 7.59. The van der Waals surface area contributed by atoms with Crippen LogP contribution in [0.3, 0.4) is 0 Å². The highest BCUT2D eigenvalue weighted by molar-refractivity contribution is 6.31. The van der Waals surface area contributed by atoms with Gasteiger partial charge in [-0.15, -0.1) is 0 Å². The van der Waals surface area contributed by atoms with E-state index in [1.807, 2.05) is 6.92 Å². The first-order valence-corrected chi connectivity index (χ1v) is 5.77. The first-order valence-electron chi connectivity index (χ1n) is 5.39. The van der Waals surface area contributed by atoms with Crippen LogP contribution < -0.4 is 0 Å². The number of amides is 1. The van der Waals surface area contributed by atoms with E-state index in [-0.39, 0.29) is 17.7 Å². The summed E-state index contributed by atoms with van der Waals surface area (Å²) in [5.41, 5.74) is 0.293. The molecule has 2 rings (SSSR count). The van der Waals surface area contributed by atoms with E-state index in [9.17, 15) is 9.90 Å². The van der Waals surface area contributed by atoms with Crippen LogP contribution in [0.5, 0.6) is 5.75 Å².